The van der Waals surface area contributed by atoms with Crippen LogP contribution < -0.4 is 10.5 Å². The molecule has 1 saturated carbocycles. The van der Waals surface area contributed by atoms with Gasteiger partial charge < -0.3 is 10.5 Å². The first-order valence-electron chi connectivity index (χ1n) is 6.95. The van der Waals surface area contributed by atoms with Crippen molar-refractivity contribution >= 4 is 16.6 Å². The quantitative estimate of drug-likeness (QED) is 0.685. The Kier molecular flexibility index (Phi) is 3.66. The molecule has 7 nitrogen and oxygen atoms in total. The minimum Gasteiger partial charge on any atom is -0.474 e. The van der Waals surface area contributed by atoms with Gasteiger partial charge in [-0.05, 0) is 31.7 Å². The molecule has 0 saturated heterocycles. The normalized spacial score (nSPS) is 22.1. The van der Waals surface area contributed by atoms with E-state index in [-0.39, 0.29) is 17.8 Å². The molecule has 21 heavy (non-hydrogen) atoms. The van der Waals surface area contributed by atoms with Crippen molar-refractivity contribution < 1.29 is 9.66 Å². The van der Waals surface area contributed by atoms with Crippen molar-refractivity contribution in [2.45, 2.75) is 37.8 Å². The predicted octanol–water partition coefficient (Wildman–Crippen LogP) is 2.19. The van der Waals surface area contributed by atoms with Gasteiger partial charge in [0.05, 0.1) is 15.8 Å². The van der Waals surface area contributed by atoms with Gasteiger partial charge in [-0.3, -0.25) is 10.1 Å². The van der Waals surface area contributed by atoms with Crippen molar-refractivity contribution in [3.63, 3.8) is 0 Å². The lowest BCUT2D eigenvalue weighted by atomic mass is 9.94. The van der Waals surface area contributed by atoms with Crippen LogP contribution in [0.5, 0.6) is 5.88 Å². The summed E-state index contributed by atoms with van der Waals surface area (Å²) in [7, 11) is 0. The molecule has 1 aromatic heterocycles. The Balaban J connectivity index is 1.90. The van der Waals surface area contributed by atoms with Crippen LogP contribution in [0.25, 0.3) is 10.9 Å². The summed E-state index contributed by atoms with van der Waals surface area (Å²) in [5.74, 6) is 0.407. The second kappa shape index (κ2) is 5.61. The molecule has 1 heterocycles. The van der Waals surface area contributed by atoms with Gasteiger partial charge in [0.25, 0.3) is 5.69 Å². The van der Waals surface area contributed by atoms with Gasteiger partial charge in [-0.25, -0.2) is 9.97 Å². The lowest BCUT2D eigenvalue weighted by molar-refractivity contribution is -0.384. The van der Waals surface area contributed by atoms with Crippen LogP contribution in [-0.4, -0.2) is 27.0 Å². The Labute approximate surface area is 121 Å². The topological polar surface area (TPSA) is 104 Å². The number of nitro benzene ring substituents is 1. The van der Waals surface area contributed by atoms with Crippen LogP contribution in [0.2, 0.25) is 0 Å². The number of rotatable bonds is 3. The van der Waals surface area contributed by atoms with Crippen molar-refractivity contribution in [2.75, 3.05) is 0 Å². The second-order valence-electron chi connectivity index (χ2n) is 5.29. The maximum atomic E-state index is 10.9. The first-order chi connectivity index (χ1) is 10.1. The molecule has 1 aliphatic carbocycles. The first kappa shape index (κ1) is 13.7. The molecule has 0 unspecified atom stereocenters. The fourth-order valence-electron chi connectivity index (χ4n) is 2.59. The van der Waals surface area contributed by atoms with Crippen LogP contribution in [0.4, 0.5) is 5.69 Å². The number of fused-ring (bicyclic) bond motifs is 1. The number of benzene rings is 1. The highest BCUT2D eigenvalue weighted by atomic mass is 16.6. The maximum Gasteiger partial charge on any atom is 0.270 e. The number of hydrogen-bond acceptors (Lipinski definition) is 6. The molecule has 110 valence electrons. The van der Waals surface area contributed by atoms with E-state index in [0.717, 1.165) is 25.7 Å². The SMILES string of the molecule is NC1CCC(Oc2ncnc3ccc([N+](=O)[O-])cc23)CC1. The second-order valence-corrected chi connectivity index (χ2v) is 5.29. The van der Waals surface area contributed by atoms with Crippen LogP contribution in [0.3, 0.4) is 0 Å². The molecule has 2 N–H and O–H groups in total. The van der Waals surface area contributed by atoms with E-state index in [2.05, 4.69) is 9.97 Å². The molecule has 0 spiro atoms. The Morgan fingerprint density at radius 1 is 1.24 bits per heavy atom. The molecular formula is C14H16N4O3. The minimum absolute atomic E-state index is 0.00724. The number of nitro groups is 1. The molecular weight excluding hydrogens is 272 g/mol. The van der Waals surface area contributed by atoms with Gasteiger partial charge >= 0.3 is 0 Å². The van der Waals surface area contributed by atoms with Crippen molar-refractivity contribution in [3.8, 4) is 5.88 Å². The van der Waals surface area contributed by atoms with E-state index in [9.17, 15) is 10.1 Å². The molecule has 0 bridgehead atoms. The highest BCUT2D eigenvalue weighted by molar-refractivity contribution is 5.85. The first-order valence-corrected chi connectivity index (χ1v) is 6.95. The van der Waals surface area contributed by atoms with E-state index in [1.165, 1.54) is 18.5 Å². The van der Waals surface area contributed by atoms with E-state index in [1.807, 2.05) is 0 Å². The highest BCUT2D eigenvalue weighted by Gasteiger charge is 2.21. The van der Waals surface area contributed by atoms with E-state index in [0.29, 0.717) is 16.8 Å². The molecule has 0 atom stereocenters. The van der Waals surface area contributed by atoms with E-state index in [1.54, 1.807) is 6.07 Å². The van der Waals surface area contributed by atoms with Crippen molar-refractivity contribution in [2.24, 2.45) is 5.73 Å². The molecule has 1 aromatic carbocycles. The summed E-state index contributed by atoms with van der Waals surface area (Å²) >= 11 is 0. The molecule has 7 heteroatoms. The number of nitrogens with two attached hydrogens (primary N) is 1. The van der Waals surface area contributed by atoms with Gasteiger partial charge in [0, 0.05) is 18.2 Å². The van der Waals surface area contributed by atoms with Crippen LogP contribution in [0.1, 0.15) is 25.7 Å². The fraction of sp³-hybridized carbons (Fsp3) is 0.429. The Morgan fingerprint density at radius 2 is 2.00 bits per heavy atom. The molecule has 0 aliphatic heterocycles. The molecule has 0 radical (unpaired) electrons. The molecule has 1 fully saturated rings. The highest BCUT2D eigenvalue weighted by Crippen LogP contribution is 2.29. The third-order valence-electron chi connectivity index (χ3n) is 3.79. The van der Waals surface area contributed by atoms with Crippen LogP contribution >= 0.6 is 0 Å². The van der Waals surface area contributed by atoms with Gasteiger partial charge in [-0.2, -0.15) is 0 Å². The summed E-state index contributed by atoms with van der Waals surface area (Å²) in [5, 5.41) is 11.5. The number of non-ortho nitro benzene ring substituents is 1. The molecule has 1 aliphatic rings. The molecule has 3 rings (SSSR count). The molecule has 2 aromatic rings. The monoisotopic (exact) mass is 288 g/mol. The average Bonchev–Trinajstić information content (AvgIpc) is 2.49. The smallest absolute Gasteiger partial charge is 0.270 e. The van der Waals surface area contributed by atoms with Gasteiger partial charge in [-0.15, -0.1) is 0 Å². The zero-order valence-corrected chi connectivity index (χ0v) is 11.4. The number of aromatic nitrogens is 2. The van der Waals surface area contributed by atoms with Gasteiger partial charge in [0.1, 0.15) is 12.4 Å². The average molecular weight is 288 g/mol. The minimum atomic E-state index is -0.435. The van der Waals surface area contributed by atoms with Gasteiger partial charge in [0.2, 0.25) is 5.88 Å². The molecule has 0 amide bonds. The van der Waals surface area contributed by atoms with Crippen LogP contribution in [-0.2, 0) is 0 Å². The Bertz CT molecular complexity index is 668. The third-order valence-corrected chi connectivity index (χ3v) is 3.79. The standard InChI is InChI=1S/C14H16N4O3/c15-9-1-4-11(5-2-9)21-14-12-7-10(18(19)20)3-6-13(12)16-8-17-14/h3,6-9,11H,1-2,4-5,15H2. The maximum absolute atomic E-state index is 10.9. The Hall–Kier alpha value is -2.28. The third kappa shape index (κ3) is 2.92. The predicted molar refractivity (Wildman–Crippen MR) is 77.1 cm³/mol. The zero-order valence-electron chi connectivity index (χ0n) is 11.4. The fourth-order valence-corrected chi connectivity index (χ4v) is 2.59. The van der Waals surface area contributed by atoms with Crippen LogP contribution in [0.15, 0.2) is 24.5 Å². The largest absolute Gasteiger partial charge is 0.474 e. The summed E-state index contributed by atoms with van der Waals surface area (Å²) in [6.07, 6.45) is 5.07. The summed E-state index contributed by atoms with van der Waals surface area (Å²) in [6.45, 7) is 0. The van der Waals surface area contributed by atoms with Crippen LogP contribution in [0, 0.1) is 10.1 Å². The van der Waals surface area contributed by atoms with E-state index < -0.39 is 4.92 Å². The summed E-state index contributed by atoms with van der Waals surface area (Å²) < 4.78 is 5.92. The van der Waals surface area contributed by atoms with E-state index >= 15 is 0 Å². The number of ether oxygens (including phenoxy) is 1. The van der Waals surface area contributed by atoms with Crippen molar-refractivity contribution in [3.05, 3.63) is 34.6 Å². The summed E-state index contributed by atoms with van der Waals surface area (Å²) in [6, 6.07) is 4.74. The summed E-state index contributed by atoms with van der Waals surface area (Å²) in [5.41, 5.74) is 6.52. The number of nitrogens with zero attached hydrogens (tertiary/aromatic N) is 3. The zero-order chi connectivity index (χ0) is 14.8. The van der Waals surface area contributed by atoms with Gasteiger partial charge in [0.15, 0.2) is 0 Å². The van der Waals surface area contributed by atoms with Crippen molar-refractivity contribution in [1.82, 2.24) is 9.97 Å². The number of hydrogen-bond donors (Lipinski definition) is 1. The Morgan fingerprint density at radius 3 is 2.71 bits per heavy atom. The lowest BCUT2D eigenvalue weighted by Gasteiger charge is -2.26. The van der Waals surface area contributed by atoms with E-state index in [4.69, 9.17) is 10.5 Å². The van der Waals surface area contributed by atoms with Crippen molar-refractivity contribution in [1.29, 1.82) is 0 Å². The lowest BCUT2D eigenvalue weighted by Crippen LogP contribution is -2.31. The summed E-state index contributed by atoms with van der Waals surface area (Å²) in [4.78, 5) is 18.7. The van der Waals surface area contributed by atoms with Gasteiger partial charge in [-0.1, -0.05) is 0 Å².